The molecule has 26 heavy (non-hydrogen) atoms. The monoisotopic (exact) mass is 368 g/mol. The van der Waals surface area contributed by atoms with Crippen LogP contribution in [0.4, 0.5) is 0 Å². The zero-order valence-electron chi connectivity index (χ0n) is 14.6. The number of likely N-dealkylation sites (N-methyl/N-ethyl adjacent to an activating group) is 1. The van der Waals surface area contributed by atoms with Gasteiger partial charge in [0.2, 0.25) is 5.78 Å². The fraction of sp³-hybridized carbons (Fsp3) is 0.200. The number of furan rings is 1. The molecule has 0 bridgehead atoms. The van der Waals surface area contributed by atoms with Gasteiger partial charge in [-0.25, -0.2) is 0 Å². The highest BCUT2D eigenvalue weighted by atomic mass is 32.1. The average molecular weight is 368 g/mol. The van der Waals surface area contributed by atoms with Crippen molar-refractivity contribution in [2.24, 2.45) is 0 Å². The Morgan fingerprint density at radius 1 is 1.08 bits per heavy atom. The predicted molar refractivity (Wildman–Crippen MR) is 102 cm³/mol. The first-order valence-corrected chi connectivity index (χ1v) is 9.11. The molecule has 2 aromatic heterocycles. The van der Waals surface area contributed by atoms with E-state index in [1.807, 2.05) is 42.6 Å². The topological polar surface area (TPSA) is 62.6 Å². The maximum atomic E-state index is 12.7. The summed E-state index contributed by atoms with van der Waals surface area (Å²) in [5.74, 6) is 0.364. The number of nitrogens with zero attached hydrogens (tertiary/aromatic N) is 1. The van der Waals surface area contributed by atoms with Crippen LogP contribution in [0.5, 0.6) is 0 Å². The summed E-state index contributed by atoms with van der Waals surface area (Å²) < 4.78 is 5.46. The van der Waals surface area contributed by atoms with Crippen LogP contribution in [0.3, 0.4) is 0 Å². The minimum Gasteiger partial charge on any atom is -0.468 e. The van der Waals surface area contributed by atoms with Crippen molar-refractivity contribution in [3.63, 3.8) is 0 Å². The first kappa shape index (κ1) is 18.1. The Kier molecular flexibility index (Phi) is 5.65. The molecular weight excluding hydrogens is 348 g/mol. The molecule has 1 unspecified atom stereocenters. The first-order valence-electron chi connectivity index (χ1n) is 8.23. The molecule has 0 saturated carbocycles. The first-order chi connectivity index (χ1) is 12.6. The van der Waals surface area contributed by atoms with E-state index < -0.39 is 0 Å². The zero-order chi connectivity index (χ0) is 18.5. The van der Waals surface area contributed by atoms with Gasteiger partial charge in [-0.05, 0) is 43.7 Å². The van der Waals surface area contributed by atoms with E-state index in [0.717, 1.165) is 5.76 Å². The number of nitrogens with one attached hydrogen (secondary N) is 1. The molecule has 0 aliphatic heterocycles. The molecule has 1 amide bonds. The number of rotatable bonds is 7. The molecule has 1 aromatic carbocycles. The lowest BCUT2D eigenvalue weighted by atomic mass is 10.0. The Bertz CT molecular complexity index is 870. The van der Waals surface area contributed by atoms with Crippen LogP contribution >= 0.6 is 11.3 Å². The van der Waals surface area contributed by atoms with Gasteiger partial charge in [0.15, 0.2) is 0 Å². The number of benzene rings is 1. The SMILES string of the molecule is CN(C)C(CNC(=O)c1ccccc1C(=O)c1cccs1)c1ccco1. The average Bonchev–Trinajstić information content (AvgIpc) is 3.35. The van der Waals surface area contributed by atoms with Crippen LogP contribution < -0.4 is 5.32 Å². The van der Waals surface area contributed by atoms with Crippen molar-refractivity contribution in [3.8, 4) is 0 Å². The van der Waals surface area contributed by atoms with Crippen molar-refractivity contribution in [2.75, 3.05) is 20.6 Å². The molecule has 5 nitrogen and oxygen atoms in total. The van der Waals surface area contributed by atoms with Gasteiger partial charge in [0.1, 0.15) is 5.76 Å². The van der Waals surface area contributed by atoms with Crippen molar-refractivity contribution in [3.05, 3.63) is 81.9 Å². The van der Waals surface area contributed by atoms with E-state index in [1.54, 1.807) is 36.6 Å². The molecule has 0 spiro atoms. The molecule has 0 radical (unpaired) electrons. The van der Waals surface area contributed by atoms with E-state index in [-0.39, 0.29) is 17.7 Å². The molecule has 6 heteroatoms. The van der Waals surface area contributed by atoms with Crippen LogP contribution in [0.2, 0.25) is 0 Å². The molecule has 0 fully saturated rings. The highest BCUT2D eigenvalue weighted by Crippen LogP contribution is 2.20. The number of hydrogen-bond acceptors (Lipinski definition) is 5. The molecule has 0 saturated heterocycles. The maximum absolute atomic E-state index is 12.7. The number of carbonyl (C=O) groups excluding carboxylic acids is 2. The summed E-state index contributed by atoms with van der Waals surface area (Å²) in [4.78, 5) is 28.0. The maximum Gasteiger partial charge on any atom is 0.252 e. The van der Waals surface area contributed by atoms with Gasteiger partial charge >= 0.3 is 0 Å². The van der Waals surface area contributed by atoms with E-state index in [0.29, 0.717) is 22.5 Å². The lowest BCUT2D eigenvalue weighted by Gasteiger charge is -2.22. The number of ketones is 1. The van der Waals surface area contributed by atoms with Crippen LogP contribution in [0.1, 0.15) is 37.4 Å². The second-order valence-corrected chi connectivity index (χ2v) is 7.00. The van der Waals surface area contributed by atoms with Gasteiger partial charge < -0.3 is 9.73 Å². The molecular formula is C20H20N2O3S. The third-order valence-corrected chi connectivity index (χ3v) is 4.98. The van der Waals surface area contributed by atoms with Crippen molar-refractivity contribution in [2.45, 2.75) is 6.04 Å². The third kappa shape index (κ3) is 3.92. The second kappa shape index (κ2) is 8.12. The van der Waals surface area contributed by atoms with Crippen molar-refractivity contribution < 1.29 is 14.0 Å². The van der Waals surface area contributed by atoms with Gasteiger partial charge in [0.25, 0.3) is 5.91 Å². The highest BCUT2D eigenvalue weighted by Gasteiger charge is 2.21. The van der Waals surface area contributed by atoms with E-state index >= 15 is 0 Å². The lowest BCUT2D eigenvalue weighted by molar-refractivity contribution is 0.0929. The summed E-state index contributed by atoms with van der Waals surface area (Å²) >= 11 is 1.37. The van der Waals surface area contributed by atoms with Crippen LogP contribution in [-0.4, -0.2) is 37.2 Å². The van der Waals surface area contributed by atoms with Gasteiger partial charge in [0.05, 0.1) is 22.7 Å². The lowest BCUT2D eigenvalue weighted by Crippen LogP contribution is -2.35. The predicted octanol–water partition coefficient (Wildman–Crippen LogP) is 3.60. The molecule has 3 rings (SSSR count). The minimum atomic E-state index is -0.274. The molecule has 3 aromatic rings. The number of hydrogen-bond donors (Lipinski definition) is 1. The largest absolute Gasteiger partial charge is 0.468 e. The summed E-state index contributed by atoms with van der Waals surface area (Å²) in [7, 11) is 3.85. The molecule has 134 valence electrons. The normalized spacial score (nSPS) is 12.1. The third-order valence-electron chi connectivity index (χ3n) is 4.11. The minimum absolute atomic E-state index is 0.0888. The Morgan fingerprint density at radius 2 is 1.85 bits per heavy atom. The standard InChI is InChI=1S/C20H20N2O3S/c1-22(2)16(17-9-5-11-25-17)13-21-20(24)15-8-4-3-7-14(15)19(23)18-10-6-12-26-18/h3-12,16H,13H2,1-2H3,(H,21,24). The fourth-order valence-corrected chi connectivity index (χ4v) is 3.40. The van der Waals surface area contributed by atoms with Crippen LogP contribution in [0, 0.1) is 0 Å². The van der Waals surface area contributed by atoms with Gasteiger partial charge in [-0.2, -0.15) is 0 Å². The van der Waals surface area contributed by atoms with Gasteiger partial charge in [-0.3, -0.25) is 14.5 Å². The van der Waals surface area contributed by atoms with Crippen LogP contribution in [0.15, 0.2) is 64.6 Å². The Labute approximate surface area is 156 Å². The van der Waals surface area contributed by atoms with E-state index in [2.05, 4.69) is 5.32 Å². The Morgan fingerprint density at radius 3 is 2.46 bits per heavy atom. The van der Waals surface area contributed by atoms with E-state index in [9.17, 15) is 9.59 Å². The van der Waals surface area contributed by atoms with Gasteiger partial charge in [-0.1, -0.05) is 24.3 Å². The summed E-state index contributed by atoms with van der Waals surface area (Å²) in [5.41, 5.74) is 0.787. The Balaban J connectivity index is 1.77. The van der Waals surface area contributed by atoms with E-state index in [1.165, 1.54) is 11.3 Å². The van der Waals surface area contributed by atoms with Crippen molar-refractivity contribution in [1.82, 2.24) is 10.2 Å². The fourth-order valence-electron chi connectivity index (χ4n) is 2.72. The number of amides is 1. The van der Waals surface area contributed by atoms with Crippen molar-refractivity contribution >= 4 is 23.0 Å². The molecule has 0 aliphatic carbocycles. The van der Waals surface area contributed by atoms with Crippen LogP contribution in [-0.2, 0) is 0 Å². The molecule has 1 N–H and O–H groups in total. The Hall–Kier alpha value is -2.70. The molecule has 2 heterocycles. The smallest absolute Gasteiger partial charge is 0.252 e. The van der Waals surface area contributed by atoms with Gasteiger partial charge in [0, 0.05) is 12.1 Å². The van der Waals surface area contributed by atoms with Gasteiger partial charge in [-0.15, -0.1) is 11.3 Å². The summed E-state index contributed by atoms with van der Waals surface area (Å²) in [6.07, 6.45) is 1.61. The zero-order valence-corrected chi connectivity index (χ0v) is 15.5. The van der Waals surface area contributed by atoms with E-state index in [4.69, 9.17) is 4.42 Å². The highest BCUT2D eigenvalue weighted by molar-refractivity contribution is 7.12. The van der Waals surface area contributed by atoms with Crippen LogP contribution in [0.25, 0.3) is 0 Å². The number of carbonyl (C=O) groups is 2. The quantitative estimate of drug-likeness (QED) is 0.647. The number of thiophene rings is 1. The summed E-state index contributed by atoms with van der Waals surface area (Å²) in [5, 5.41) is 4.77. The summed E-state index contributed by atoms with van der Waals surface area (Å²) in [6.45, 7) is 0.376. The molecule has 1 atom stereocenters. The second-order valence-electron chi connectivity index (χ2n) is 6.06. The summed E-state index contributed by atoms with van der Waals surface area (Å²) in [6, 6.07) is 14.1. The molecule has 0 aliphatic rings. The van der Waals surface area contributed by atoms with Crippen molar-refractivity contribution in [1.29, 1.82) is 0 Å².